The van der Waals surface area contributed by atoms with Gasteiger partial charge in [0.2, 0.25) is 0 Å². The lowest BCUT2D eigenvalue weighted by molar-refractivity contribution is -0.140. The van der Waals surface area contributed by atoms with Crippen LogP contribution in [0.15, 0.2) is 10.6 Å². The van der Waals surface area contributed by atoms with Crippen molar-refractivity contribution in [3.8, 4) is 0 Å². The monoisotopic (exact) mass is 256 g/mol. The van der Waals surface area contributed by atoms with Crippen molar-refractivity contribution in [3.63, 3.8) is 0 Å². The van der Waals surface area contributed by atoms with Crippen LogP contribution in [0.1, 0.15) is 19.1 Å². The summed E-state index contributed by atoms with van der Waals surface area (Å²) in [6.07, 6.45) is -0.0851. The average molecular weight is 256 g/mol. The molecule has 0 aliphatic carbocycles. The minimum atomic E-state index is -0.941. The zero-order valence-electron chi connectivity index (χ0n) is 10.3. The Balaban J connectivity index is 2.74. The van der Waals surface area contributed by atoms with Gasteiger partial charge in [-0.05, 0) is 6.92 Å². The highest BCUT2D eigenvalue weighted by Gasteiger charge is 2.19. The summed E-state index contributed by atoms with van der Waals surface area (Å²) in [6, 6.07) is 1.65. The number of carboxylic acid groups (broad SMARTS) is 2. The van der Waals surface area contributed by atoms with Crippen LogP contribution in [-0.2, 0) is 9.59 Å². The van der Waals surface area contributed by atoms with Crippen LogP contribution in [0.5, 0.6) is 0 Å². The van der Waals surface area contributed by atoms with E-state index >= 15 is 0 Å². The lowest BCUT2D eigenvalue weighted by Gasteiger charge is -2.22. The van der Waals surface area contributed by atoms with Crippen LogP contribution >= 0.6 is 0 Å². The topological polar surface area (TPSA) is 104 Å². The highest BCUT2D eigenvalue weighted by molar-refractivity contribution is 5.71. The fraction of sp³-hybridized carbons (Fsp3) is 0.545. The number of nitrogens with zero attached hydrogens (tertiary/aromatic N) is 2. The molecule has 2 N–H and O–H groups in total. The third-order valence-electron chi connectivity index (χ3n) is 2.45. The van der Waals surface area contributed by atoms with Gasteiger partial charge in [-0.3, -0.25) is 9.59 Å². The lowest BCUT2D eigenvalue weighted by Crippen LogP contribution is -2.33. The van der Waals surface area contributed by atoms with E-state index in [0.717, 1.165) is 0 Å². The molecule has 18 heavy (non-hydrogen) atoms. The molecule has 7 nitrogen and oxygen atoms in total. The minimum absolute atomic E-state index is 0.0851. The molecule has 0 saturated heterocycles. The van der Waals surface area contributed by atoms with Gasteiger partial charge in [-0.15, -0.1) is 0 Å². The summed E-state index contributed by atoms with van der Waals surface area (Å²) < 4.78 is 4.91. The van der Waals surface area contributed by atoms with Gasteiger partial charge in [-0.25, -0.2) is 0 Å². The van der Waals surface area contributed by atoms with Crippen molar-refractivity contribution in [1.82, 2.24) is 5.16 Å². The summed E-state index contributed by atoms with van der Waals surface area (Å²) in [5.74, 6) is -1.44. The molecule has 0 fully saturated rings. The minimum Gasteiger partial charge on any atom is -0.481 e. The largest absolute Gasteiger partial charge is 0.481 e. The Kier molecular flexibility index (Phi) is 4.70. The van der Waals surface area contributed by atoms with Crippen LogP contribution in [0.4, 0.5) is 5.82 Å². The highest BCUT2D eigenvalue weighted by atomic mass is 16.5. The number of aliphatic carboxylic acids is 2. The standard InChI is InChI=1S/C11H16N2O5/c1-7(11(16)17)6-13(4-3-10(14)15)9-5-8(2)18-12-9/h5,7H,3-4,6H2,1-2H3,(H,14,15)(H,16,17). The van der Waals surface area contributed by atoms with Gasteiger partial charge in [0.15, 0.2) is 5.82 Å². The van der Waals surface area contributed by atoms with Gasteiger partial charge in [-0.2, -0.15) is 0 Å². The molecule has 0 aliphatic rings. The molecular weight excluding hydrogens is 240 g/mol. The fourth-order valence-electron chi connectivity index (χ4n) is 1.44. The summed E-state index contributed by atoms with van der Waals surface area (Å²) >= 11 is 0. The van der Waals surface area contributed by atoms with Crippen molar-refractivity contribution >= 4 is 17.8 Å². The molecule has 1 aromatic heterocycles. The molecule has 0 spiro atoms. The number of anilines is 1. The van der Waals surface area contributed by atoms with Crippen molar-refractivity contribution < 1.29 is 24.3 Å². The van der Waals surface area contributed by atoms with E-state index in [2.05, 4.69) is 5.16 Å². The Morgan fingerprint density at radius 1 is 1.50 bits per heavy atom. The molecule has 1 unspecified atom stereocenters. The van der Waals surface area contributed by atoms with Gasteiger partial charge in [-0.1, -0.05) is 12.1 Å². The molecule has 7 heteroatoms. The first-order chi connectivity index (χ1) is 8.40. The third kappa shape index (κ3) is 4.08. The predicted molar refractivity (Wildman–Crippen MR) is 62.5 cm³/mol. The Hall–Kier alpha value is -2.05. The molecule has 0 radical (unpaired) electrons. The number of hydrogen-bond acceptors (Lipinski definition) is 5. The molecule has 0 amide bonds. The lowest BCUT2D eigenvalue weighted by atomic mass is 10.1. The fourth-order valence-corrected chi connectivity index (χ4v) is 1.44. The first kappa shape index (κ1) is 14.0. The van der Waals surface area contributed by atoms with Gasteiger partial charge in [0.1, 0.15) is 5.76 Å². The molecule has 0 bridgehead atoms. The van der Waals surface area contributed by atoms with Crippen LogP contribution < -0.4 is 4.90 Å². The first-order valence-electron chi connectivity index (χ1n) is 5.53. The zero-order valence-corrected chi connectivity index (χ0v) is 10.3. The summed E-state index contributed by atoms with van der Waals surface area (Å²) in [4.78, 5) is 23.0. The van der Waals surface area contributed by atoms with Gasteiger partial charge in [0.05, 0.1) is 12.3 Å². The summed E-state index contributed by atoms with van der Waals surface area (Å²) in [7, 11) is 0. The molecule has 0 aliphatic heterocycles. The van der Waals surface area contributed by atoms with E-state index in [1.807, 2.05) is 0 Å². The second-order valence-electron chi connectivity index (χ2n) is 4.12. The maximum Gasteiger partial charge on any atom is 0.308 e. The van der Waals surface area contributed by atoms with Crippen LogP contribution in [0.2, 0.25) is 0 Å². The van der Waals surface area contributed by atoms with Gasteiger partial charge in [0, 0.05) is 19.2 Å². The van der Waals surface area contributed by atoms with Crippen molar-refractivity contribution in [3.05, 3.63) is 11.8 Å². The molecule has 0 saturated carbocycles. The second-order valence-corrected chi connectivity index (χ2v) is 4.12. The maximum absolute atomic E-state index is 10.8. The molecule has 1 rings (SSSR count). The molecule has 100 valence electrons. The SMILES string of the molecule is Cc1cc(N(CCC(=O)O)CC(C)C(=O)O)no1. The van der Waals surface area contributed by atoms with Crippen LogP contribution in [0.25, 0.3) is 0 Å². The number of carbonyl (C=O) groups is 2. The number of aryl methyl sites for hydroxylation is 1. The quantitative estimate of drug-likeness (QED) is 0.749. The van der Waals surface area contributed by atoms with E-state index in [9.17, 15) is 9.59 Å². The normalized spacial score (nSPS) is 12.1. The number of hydrogen-bond donors (Lipinski definition) is 2. The first-order valence-corrected chi connectivity index (χ1v) is 5.53. The molecule has 1 aromatic rings. The number of aromatic nitrogens is 1. The molecule has 0 aromatic carbocycles. The third-order valence-corrected chi connectivity index (χ3v) is 2.45. The van der Waals surface area contributed by atoms with Crippen molar-refractivity contribution in [1.29, 1.82) is 0 Å². The molecule has 1 atom stereocenters. The van der Waals surface area contributed by atoms with E-state index in [1.165, 1.54) is 0 Å². The summed E-state index contributed by atoms with van der Waals surface area (Å²) in [5, 5.41) is 21.3. The molecular formula is C11H16N2O5. The Labute approximate surface area is 104 Å². The Morgan fingerprint density at radius 2 is 2.17 bits per heavy atom. The predicted octanol–water partition coefficient (Wildman–Crippen LogP) is 0.985. The van der Waals surface area contributed by atoms with Crippen molar-refractivity contribution in [2.75, 3.05) is 18.0 Å². The van der Waals surface area contributed by atoms with Crippen molar-refractivity contribution in [2.45, 2.75) is 20.3 Å². The van der Waals surface area contributed by atoms with Gasteiger partial charge >= 0.3 is 11.9 Å². The summed E-state index contributed by atoms with van der Waals surface area (Å²) in [6.45, 7) is 3.66. The second kappa shape index (κ2) is 6.04. The van der Waals surface area contributed by atoms with E-state index < -0.39 is 17.9 Å². The summed E-state index contributed by atoms with van der Waals surface area (Å²) in [5.41, 5.74) is 0. The molecule has 1 heterocycles. The Bertz CT molecular complexity index is 429. The zero-order chi connectivity index (χ0) is 13.7. The Morgan fingerprint density at radius 3 is 2.61 bits per heavy atom. The van der Waals surface area contributed by atoms with Crippen LogP contribution in [0, 0.1) is 12.8 Å². The van der Waals surface area contributed by atoms with Gasteiger partial charge in [0.25, 0.3) is 0 Å². The average Bonchev–Trinajstić information content (AvgIpc) is 2.70. The highest BCUT2D eigenvalue weighted by Crippen LogP contribution is 2.16. The van der Waals surface area contributed by atoms with E-state index in [0.29, 0.717) is 11.6 Å². The number of rotatable bonds is 7. The van der Waals surface area contributed by atoms with Crippen LogP contribution in [0.3, 0.4) is 0 Å². The van der Waals surface area contributed by atoms with Gasteiger partial charge < -0.3 is 19.6 Å². The smallest absolute Gasteiger partial charge is 0.308 e. The maximum atomic E-state index is 10.8. The van der Waals surface area contributed by atoms with Crippen molar-refractivity contribution in [2.24, 2.45) is 5.92 Å². The van der Waals surface area contributed by atoms with E-state index in [-0.39, 0.29) is 19.5 Å². The van der Waals surface area contributed by atoms with Crippen LogP contribution in [-0.4, -0.2) is 40.4 Å². The van der Waals surface area contributed by atoms with E-state index in [1.54, 1.807) is 24.8 Å². The van der Waals surface area contributed by atoms with E-state index in [4.69, 9.17) is 14.7 Å². The number of carboxylic acids is 2.